The van der Waals surface area contributed by atoms with Crippen molar-refractivity contribution in [2.45, 2.75) is 6.92 Å². The minimum absolute atomic E-state index is 0.183. The molecule has 1 amide bonds. The Morgan fingerprint density at radius 3 is 2.65 bits per heavy atom. The average Bonchev–Trinajstić information content (AvgIpc) is 3.14. The number of aliphatic imine (C=N–C) groups is 1. The fourth-order valence-electron chi connectivity index (χ4n) is 2.17. The van der Waals surface area contributed by atoms with Gasteiger partial charge in [0.1, 0.15) is 5.01 Å². The Labute approximate surface area is 157 Å². The average molecular weight is 386 g/mol. The van der Waals surface area contributed by atoms with Crippen molar-refractivity contribution in [3.63, 3.8) is 0 Å². The van der Waals surface area contributed by atoms with Crippen molar-refractivity contribution in [2.75, 3.05) is 6.54 Å². The summed E-state index contributed by atoms with van der Waals surface area (Å²) < 4.78 is 0. The van der Waals surface area contributed by atoms with Gasteiger partial charge in [-0.15, -0.1) is 16.8 Å². The van der Waals surface area contributed by atoms with Gasteiger partial charge in [0.2, 0.25) is 5.13 Å². The van der Waals surface area contributed by atoms with E-state index in [9.17, 15) is 9.59 Å². The highest BCUT2D eigenvalue weighted by molar-refractivity contribution is 8.18. The molecule has 132 valence electrons. The number of amidine groups is 1. The lowest BCUT2D eigenvalue weighted by Gasteiger charge is -2.11. The number of carbonyl (C=O) groups excluding carboxylic acids is 1. The van der Waals surface area contributed by atoms with Crippen LogP contribution in [0.5, 0.6) is 0 Å². The van der Waals surface area contributed by atoms with Crippen molar-refractivity contribution < 1.29 is 14.7 Å². The molecule has 9 heteroatoms. The summed E-state index contributed by atoms with van der Waals surface area (Å²) >= 11 is 2.58. The number of carboxylic acids is 1. The van der Waals surface area contributed by atoms with Crippen molar-refractivity contribution in [2.24, 2.45) is 4.99 Å². The molecule has 1 aromatic heterocycles. The van der Waals surface area contributed by atoms with Crippen LogP contribution in [0.1, 0.15) is 20.9 Å². The van der Waals surface area contributed by atoms with E-state index in [4.69, 9.17) is 5.11 Å². The summed E-state index contributed by atoms with van der Waals surface area (Å²) in [6.07, 6.45) is 3.34. The highest BCUT2D eigenvalue weighted by Gasteiger charge is 2.32. The molecule has 2 aromatic rings. The monoisotopic (exact) mass is 386 g/mol. The van der Waals surface area contributed by atoms with E-state index in [2.05, 4.69) is 21.8 Å². The number of amides is 1. The third-order valence-corrected chi connectivity index (χ3v) is 5.10. The van der Waals surface area contributed by atoms with Crippen molar-refractivity contribution in [3.8, 4) is 0 Å². The fraction of sp³-hybridized carbons (Fsp3) is 0.118. The maximum atomic E-state index is 12.7. The molecule has 1 aliphatic heterocycles. The number of aromatic carboxylic acids is 1. The first-order valence-electron chi connectivity index (χ1n) is 7.52. The number of thioether (sulfide) groups is 1. The number of hydrogen-bond acceptors (Lipinski definition) is 7. The topological polar surface area (TPSA) is 95.8 Å². The van der Waals surface area contributed by atoms with E-state index in [1.54, 1.807) is 24.3 Å². The zero-order valence-electron chi connectivity index (χ0n) is 13.7. The highest BCUT2D eigenvalue weighted by Crippen LogP contribution is 2.34. The highest BCUT2D eigenvalue weighted by atomic mass is 32.2. The van der Waals surface area contributed by atoms with Crippen LogP contribution in [0.4, 0.5) is 5.13 Å². The van der Waals surface area contributed by atoms with E-state index in [-0.39, 0.29) is 11.5 Å². The predicted octanol–water partition coefficient (Wildman–Crippen LogP) is 3.33. The molecule has 1 fully saturated rings. The van der Waals surface area contributed by atoms with Gasteiger partial charge in [0, 0.05) is 6.54 Å². The molecule has 0 saturated carbocycles. The van der Waals surface area contributed by atoms with Crippen LogP contribution in [0.25, 0.3) is 6.08 Å². The van der Waals surface area contributed by atoms with Gasteiger partial charge in [-0.05, 0) is 42.5 Å². The van der Waals surface area contributed by atoms with Gasteiger partial charge >= 0.3 is 5.97 Å². The summed E-state index contributed by atoms with van der Waals surface area (Å²) in [5.74, 6) is -1.17. The number of benzene rings is 1. The Morgan fingerprint density at radius 1 is 1.35 bits per heavy atom. The van der Waals surface area contributed by atoms with E-state index in [0.717, 1.165) is 10.6 Å². The van der Waals surface area contributed by atoms with Crippen molar-refractivity contribution in [1.29, 1.82) is 0 Å². The normalized spacial score (nSPS) is 17.3. The molecule has 0 bridgehead atoms. The number of rotatable bonds is 5. The second-order valence-corrected chi connectivity index (χ2v) is 7.41. The van der Waals surface area contributed by atoms with Crippen LogP contribution < -0.4 is 0 Å². The SMILES string of the molecule is C=CCN1C(=O)/C(=C\c2ccc(C(=O)O)cc2)S/C1=N/c1nnc(C)s1. The van der Waals surface area contributed by atoms with Gasteiger partial charge in [0.05, 0.1) is 10.5 Å². The predicted molar refractivity (Wildman–Crippen MR) is 103 cm³/mol. The van der Waals surface area contributed by atoms with Crippen LogP contribution >= 0.6 is 23.1 Å². The summed E-state index contributed by atoms with van der Waals surface area (Å²) in [7, 11) is 0. The van der Waals surface area contributed by atoms with E-state index in [0.29, 0.717) is 21.7 Å². The van der Waals surface area contributed by atoms with E-state index < -0.39 is 5.97 Å². The van der Waals surface area contributed by atoms with E-state index >= 15 is 0 Å². The first-order chi connectivity index (χ1) is 12.5. The van der Waals surface area contributed by atoms with Gasteiger partial charge in [-0.3, -0.25) is 9.69 Å². The molecule has 1 aliphatic rings. The molecular weight excluding hydrogens is 372 g/mol. The summed E-state index contributed by atoms with van der Waals surface area (Å²) in [4.78, 5) is 30.0. The van der Waals surface area contributed by atoms with Crippen LogP contribution in [-0.4, -0.2) is 43.8 Å². The Bertz CT molecular complexity index is 932. The van der Waals surface area contributed by atoms with Gasteiger partial charge in [0.25, 0.3) is 5.91 Å². The fourth-order valence-corrected chi connectivity index (χ4v) is 3.77. The quantitative estimate of drug-likeness (QED) is 0.625. The summed E-state index contributed by atoms with van der Waals surface area (Å²) in [6.45, 7) is 5.85. The second-order valence-electron chi connectivity index (χ2n) is 5.24. The number of hydrogen-bond donors (Lipinski definition) is 1. The number of aromatic nitrogens is 2. The molecule has 0 radical (unpaired) electrons. The molecule has 1 N–H and O–H groups in total. The molecular formula is C17H14N4O3S2. The first kappa shape index (κ1) is 18.0. The number of carbonyl (C=O) groups is 2. The van der Waals surface area contributed by atoms with Gasteiger partial charge in [0.15, 0.2) is 5.17 Å². The molecule has 1 aromatic carbocycles. The van der Waals surface area contributed by atoms with Crippen LogP contribution in [0.2, 0.25) is 0 Å². The van der Waals surface area contributed by atoms with Crippen LogP contribution in [-0.2, 0) is 4.79 Å². The molecule has 0 atom stereocenters. The summed E-state index contributed by atoms with van der Waals surface area (Å²) in [5.41, 5.74) is 0.928. The van der Waals surface area contributed by atoms with Gasteiger partial charge in [-0.25, -0.2) is 4.79 Å². The Morgan fingerprint density at radius 2 is 2.08 bits per heavy atom. The largest absolute Gasteiger partial charge is 0.478 e. The van der Waals surface area contributed by atoms with Crippen molar-refractivity contribution in [1.82, 2.24) is 15.1 Å². The van der Waals surface area contributed by atoms with Gasteiger partial charge < -0.3 is 5.11 Å². The lowest BCUT2D eigenvalue weighted by molar-refractivity contribution is -0.121. The molecule has 7 nitrogen and oxygen atoms in total. The van der Waals surface area contributed by atoms with Gasteiger partial charge in [-0.1, -0.05) is 29.5 Å². The minimum Gasteiger partial charge on any atom is -0.478 e. The summed E-state index contributed by atoms with van der Waals surface area (Å²) in [6, 6.07) is 6.31. The van der Waals surface area contributed by atoms with Crippen molar-refractivity contribution in [3.05, 3.63) is 58.0 Å². The van der Waals surface area contributed by atoms with Crippen LogP contribution in [0.3, 0.4) is 0 Å². The smallest absolute Gasteiger partial charge is 0.335 e. The van der Waals surface area contributed by atoms with Crippen molar-refractivity contribution >= 4 is 51.4 Å². The number of nitrogens with zero attached hydrogens (tertiary/aromatic N) is 4. The van der Waals surface area contributed by atoms with E-state index in [1.165, 1.54) is 40.1 Å². The van der Waals surface area contributed by atoms with Gasteiger partial charge in [-0.2, -0.15) is 4.99 Å². The zero-order chi connectivity index (χ0) is 18.7. The molecule has 0 aliphatic carbocycles. The molecule has 2 heterocycles. The van der Waals surface area contributed by atoms with E-state index in [1.807, 2.05) is 6.92 Å². The molecule has 3 rings (SSSR count). The molecule has 26 heavy (non-hydrogen) atoms. The third-order valence-electron chi connectivity index (χ3n) is 3.36. The Balaban J connectivity index is 1.90. The molecule has 0 spiro atoms. The van der Waals surface area contributed by atoms with Crippen LogP contribution in [0, 0.1) is 6.92 Å². The molecule has 1 saturated heterocycles. The Hall–Kier alpha value is -2.78. The lowest BCUT2D eigenvalue weighted by Crippen LogP contribution is -2.29. The standard InChI is InChI=1S/C17H14N4O3S2/c1-3-8-21-14(22)13(9-11-4-6-12(7-5-11)15(23)24)26-17(21)18-16-20-19-10(2)25-16/h3-7,9H,1,8H2,2H3,(H,23,24)/b13-9+,18-17+. The zero-order valence-corrected chi connectivity index (χ0v) is 15.4. The third kappa shape index (κ3) is 3.89. The maximum Gasteiger partial charge on any atom is 0.335 e. The minimum atomic E-state index is -0.991. The molecule has 0 unspecified atom stereocenters. The Kier molecular flexibility index (Phi) is 5.29. The maximum absolute atomic E-state index is 12.7. The summed E-state index contributed by atoms with van der Waals surface area (Å²) in [5, 5.41) is 18.6. The number of aryl methyl sites for hydroxylation is 1. The number of carboxylic acid groups (broad SMARTS) is 1. The van der Waals surface area contributed by atoms with Crippen LogP contribution in [0.15, 0.2) is 46.8 Å². The second kappa shape index (κ2) is 7.63. The lowest BCUT2D eigenvalue weighted by atomic mass is 10.1. The first-order valence-corrected chi connectivity index (χ1v) is 9.15.